The minimum Gasteiger partial charge on any atom is -0.393 e. The molecule has 3 nitrogen and oxygen atoms in total. The van der Waals surface area contributed by atoms with Crippen LogP contribution in [-0.4, -0.2) is 23.2 Å². The molecule has 2 N–H and O–H groups in total. The van der Waals surface area contributed by atoms with Crippen LogP contribution in [-0.2, 0) is 0 Å². The summed E-state index contributed by atoms with van der Waals surface area (Å²) in [6.07, 6.45) is 1.05. The molecule has 0 saturated heterocycles. The van der Waals surface area contributed by atoms with Crippen molar-refractivity contribution >= 4 is 37.8 Å². The van der Waals surface area contributed by atoms with Gasteiger partial charge < -0.3 is 10.4 Å². The Kier molecular flexibility index (Phi) is 3.66. The van der Waals surface area contributed by atoms with Gasteiger partial charge in [-0.05, 0) is 47.0 Å². The standard InChI is InChI=1S/C11H11Br2NO2/c12-6-1-2-10(13)9(3-6)11(16)14-7-4-8(15)5-7/h1-3,7-8,15H,4-5H2,(H,14,16). The minimum absolute atomic E-state index is 0.105. The molecule has 86 valence electrons. The van der Waals surface area contributed by atoms with Crippen LogP contribution in [0.25, 0.3) is 0 Å². The van der Waals surface area contributed by atoms with Crippen molar-refractivity contribution < 1.29 is 9.90 Å². The van der Waals surface area contributed by atoms with Crippen LogP contribution in [0, 0.1) is 0 Å². The first-order valence-corrected chi connectivity index (χ1v) is 6.59. The van der Waals surface area contributed by atoms with Crippen molar-refractivity contribution in [2.24, 2.45) is 0 Å². The van der Waals surface area contributed by atoms with Crippen molar-refractivity contribution in [2.75, 3.05) is 0 Å². The second-order valence-electron chi connectivity index (χ2n) is 3.92. The summed E-state index contributed by atoms with van der Waals surface area (Å²) < 4.78 is 1.64. The highest BCUT2D eigenvalue weighted by atomic mass is 79.9. The summed E-state index contributed by atoms with van der Waals surface area (Å²) in [7, 11) is 0. The van der Waals surface area contributed by atoms with E-state index in [9.17, 15) is 4.79 Å². The molecule has 0 aliphatic heterocycles. The van der Waals surface area contributed by atoms with Gasteiger partial charge in [-0.15, -0.1) is 0 Å². The molecule has 0 bridgehead atoms. The maximum absolute atomic E-state index is 11.9. The molecule has 0 heterocycles. The van der Waals surface area contributed by atoms with E-state index in [1.165, 1.54) is 0 Å². The van der Waals surface area contributed by atoms with Gasteiger partial charge in [0.05, 0.1) is 11.7 Å². The van der Waals surface area contributed by atoms with Crippen LogP contribution >= 0.6 is 31.9 Å². The van der Waals surface area contributed by atoms with Gasteiger partial charge in [0.25, 0.3) is 5.91 Å². The molecule has 1 fully saturated rings. The maximum atomic E-state index is 11.9. The first-order valence-electron chi connectivity index (χ1n) is 5.00. The molecule has 2 rings (SSSR count). The molecule has 16 heavy (non-hydrogen) atoms. The summed E-state index contributed by atoms with van der Waals surface area (Å²) in [6.45, 7) is 0. The molecule has 1 saturated carbocycles. The second-order valence-corrected chi connectivity index (χ2v) is 5.69. The second kappa shape index (κ2) is 4.85. The highest BCUT2D eigenvalue weighted by molar-refractivity contribution is 9.11. The molecule has 1 aromatic rings. The van der Waals surface area contributed by atoms with Crippen molar-refractivity contribution in [3.63, 3.8) is 0 Å². The normalized spacial score (nSPS) is 23.7. The van der Waals surface area contributed by atoms with Crippen LogP contribution in [0.1, 0.15) is 23.2 Å². The number of carbonyl (C=O) groups is 1. The third-order valence-corrected chi connectivity index (χ3v) is 3.81. The molecule has 0 radical (unpaired) electrons. The van der Waals surface area contributed by atoms with Gasteiger partial charge in [-0.2, -0.15) is 0 Å². The summed E-state index contributed by atoms with van der Waals surface area (Å²) in [5.41, 5.74) is 0.607. The van der Waals surface area contributed by atoms with E-state index in [0.717, 1.165) is 8.95 Å². The number of aliphatic hydroxyl groups excluding tert-OH is 1. The van der Waals surface area contributed by atoms with E-state index in [1.54, 1.807) is 6.07 Å². The topological polar surface area (TPSA) is 49.3 Å². The largest absolute Gasteiger partial charge is 0.393 e. The number of hydrogen-bond acceptors (Lipinski definition) is 2. The van der Waals surface area contributed by atoms with Crippen molar-refractivity contribution in [3.05, 3.63) is 32.7 Å². The fourth-order valence-corrected chi connectivity index (χ4v) is 2.43. The van der Waals surface area contributed by atoms with Crippen LogP contribution in [0.5, 0.6) is 0 Å². The SMILES string of the molecule is O=C(NC1CC(O)C1)c1cc(Br)ccc1Br. The number of nitrogens with one attached hydrogen (secondary N) is 1. The third-order valence-electron chi connectivity index (χ3n) is 2.62. The number of amides is 1. The van der Waals surface area contributed by atoms with Gasteiger partial charge in [0, 0.05) is 15.0 Å². The van der Waals surface area contributed by atoms with E-state index < -0.39 is 0 Å². The summed E-state index contributed by atoms with van der Waals surface area (Å²) in [6, 6.07) is 5.57. The molecule has 1 aliphatic carbocycles. The lowest BCUT2D eigenvalue weighted by Gasteiger charge is -2.32. The number of hydrogen-bond donors (Lipinski definition) is 2. The summed E-state index contributed by atoms with van der Waals surface area (Å²) >= 11 is 6.67. The molecule has 5 heteroatoms. The summed E-state index contributed by atoms with van der Waals surface area (Å²) in [5, 5.41) is 12.0. The zero-order valence-electron chi connectivity index (χ0n) is 8.41. The van der Waals surface area contributed by atoms with Gasteiger partial charge in [0.2, 0.25) is 0 Å². The van der Waals surface area contributed by atoms with E-state index in [1.807, 2.05) is 12.1 Å². The predicted molar refractivity (Wildman–Crippen MR) is 68.3 cm³/mol. The van der Waals surface area contributed by atoms with Gasteiger partial charge in [0.15, 0.2) is 0 Å². The van der Waals surface area contributed by atoms with Crippen molar-refractivity contribution in [1.82, 2.24) is 5.32 Å². The fraction of sp³-hybridized carbons (Fsp3) is 0.364. The molecular formula is C11H11Br2NO2. The number of halogens is 2. The van der Waals surface area contributed by atoms with Crippen LogP contribution in [0.2, 0.25) is 0 Å². The lowest BCUT2D eigenvalue weighted by atomic mass is 9.89. The monoisotopic (exact) mass is 347 g/mol. The Labute approximate surface area is 110 Å². The Bertz CT molecular complexity index is 416. The minimum atomic E-state index is -0.253. The van der Waals surface area contributed by atoms with Gasteiger partial charge in [-0.3, -0.25) is 4.79 Å². The van der Waals surface area contributed by atoms with Crippen molar-refractivity contribution in [3.8, 4) is 0 Å². The lowest BCUT2D eigenvalue weighted by molar-refractivity contribution is 0.0562. The Morgan fingerprint density at radius 3 is 2.69 bits per heavy atom. The average Bonchev–Trinajstić information content (AvgIpc) is 2.19. The quantitative estimate of drug-likeness (QED) is 0.862. The van der Waals surface area contributed by atoms with Crippen LogP contribution in [0.3, 0.4) is 0 Å². The zero-order chi connectivity index (χ0) is 11.7. The average molecular weight is 349 g/mol. The van der Waals surface area contributed by atoms with E-state index in [4.69, 9.17) is 5.11 Å². The molecule has 0 atom stereocenters. The molecule has 1 amide bonds. The molecule has 1 aliphatic rings. The van der Waals surface area contributed by atoms with E-state index in [2.05, 4.69) is 37.2 Å². The third kappa shape index (κ3) is 2.64. The Balaban J connectivity index is 2.05. The van der Waals surface area contributed by atoms with Gasteiger partial charge >= 0.3 is 0 Å². The molecular weight excluding hydrogens is 338 g/mol. The highest BCUT2D eigenvalue weighted by Gasteiger charge is 2.28. The maximum Gasteiger partial charge on any atom is 0.252 e. The van der Waals surface area contributed by atoms with E-state index >= 15 is 0 Å². The van der Waals surface area contributed by atoms with E-state index in [0.29, 0.717) is 18.4 Å². The van der Waals surface area contributed by atoms with E-state index in [-0.39, 0.29) is 18.1 Å². The number of rotatable bonds is 2. The highest BCUT2D eigenvalue weighted by Crippen LogP contribution is 2.24. The lowest BCUT2D eigenvalue weighted by Crippen LogP contribution is -2.46. The summed E-state index contributed by atoms with van der Waals surface area (Å²) in [5.74, 6) is -0.106. The van der Waals surface area contributed by atoms with Crippen LogP contribution < -0.4 is 5.32 Å². The first-order chi connectivity index (χ1) is 7.56. The van der Waals surface area contributed by atoms with Crippen molar-refractivity contribution in [2.45, 2.75) is 25.0 Å². The predicted octanol–water partition coefficient (Wildman–Crippen LogP) is 2.46. The molecule has 0 aromatic heterocycles. The van der Waals surface area contributed by atoms with Crippen LogP contribution in [0.4, 0.5) is 0 Å². The number of aliphatic hydroxyl groups is 1. The fourth-order valence-electron chi connectivity index (χ4n) is 1.64. The first kappa shape index (κ1) is 12.1. The number of carbonyl (C=O) groups excluding carboxylic acids is 1. The zero-order valence-corrected chi connectivity index (χ0v) is 11.6. The molecule has 0 spiro atoms. The Morgan fingerprint density at radius 2 is 2.06 bits per heavy atom. The van der Waals surface area contributed by atoms with Gasteiger partial charge in [-0.1, -0.05) is 15.9 Å². The Hall–Kier alpha value is -0.390. The van der Waals surface area contributed by atoms with Gasteiger partial charge in [0.1, 0.15) is 0 Å². The molecule has 0 unspecified atom stereocenters. The van der Waals surface area contributed by atoms with Crippen molar-refractivity contribution in [1.29, 1.82) is 0 Å². The molecule has 1 aromatic carbocycles. The summed E-state index contributed by atoms with van der Waals surface area (Å²) in [4.78, 5) is 11.9. The Morgan fingerprint density at radius 1 is 1.38 bits per heavy atom. The van der Waals surface area contributed by atoms with Crippen LogP contribution in [0.15, 0.2) is 27.1 Å². The number of benzene rings is 1. The van der Waals surface area contributed by atoms with Gasteiger partial charge in [-0.25, -0.2) is 0 Å². The smallest absolute Gasteiger partial charge is 0.252 e.